The Labute approximate surface area is 140 Å². The van der Waals surface area contributed by atoms with Gasteiger partial charge >= 0.3 is 0 Å². The molecule has 1 aromatic heterocycles. The second-order valence-electron chi connectivity index (χ2n) is 5.90. The summed E-state index contributed by atoms with van der Waals surface area (Å²) in [5.41, 5.74) is 1.38. The maximum Gasteiger partial charge on any atom is 0.239 e. The van der Waals surface area contributed by atoms with E-state index in [9.17, 15) is 9.59 Å². The quantitative estimate of drug-likeness (QED) is 0.853. The number of rotatable bonds is 5. The summed E-state index contributed by atoms with van der Waals surface area (Å²) in [5, 5.41) is 2.83. The van der Waals surface area contributed by atoms with Gasteiger partial charge in [-0.3, -0.25) is 9.59 Å². The van der Waals surface area contributed by atoms with Crippen molar-refractivity contribution in [3.05, 3.63) is 47.9 Å². The molecule has 1 aromatic carbocycles. The van der Waals surface area contributed by atoms with Crippen LogP contribution in [0.1, 0.15) is 30.0 Å². The van der Waals surface area contributed by atoms with Crippen molar-refractivity contribution in [1.82, 2.24) is 5.32 Å². The van der Waals surface area contributed by atoms with Crippen molar-refractivity contribution in [3.63, 3.8) is 0 Å². The average Bonchev–Trinajstić information content (AvgIpc) is 3.05. The molecular formula is C18H20N2O4. The molecule has 1 N–H and O–H groups in total. The summed E-state index contributed by atoms with van der Waals surface area (Å²) >= 11 is 0. The van der Waals surface area contributed by atoms with Crippen LogP contribution in [0, 0.1) is 0 Å². The van der Waals surface area contributed by atoms with Gasteiger partial charge in [0.1, 0.15) is 17.6 Å². The summed E-state index contributed by atoms with van der Waals surface area (Å²) in [4.78, 5) is 25.8. The van der Waals surface area contributed by atoms with Crippen LogP contribution in [-0.4, -0.2) is 30.9 Å². The lowest BCUT2D eigenvalue weighted by Gasteiger charge is -2.34. The van der Waals surface area contributed by atoms with E-state index in [-0.39, 0.29) is 24.3 Å². The first kappa shape index (κ1) is 16.1. The van der Waals surface area contributed by atoms with Crippen LogP contribution in [0.2, 0.25) is 0 Å². The largest absolute Gasteiger partial charge is 0.487 e. The Kier molecular flexibility index (Phi) is 4.55. The van der Waals surface area contributed by atoms with E-state index in [4.69, 9.17) is 9.15 Å². The minimum atomic E-state index is -0.111. The van der Waals surface area contributed by atoms with Crippen LogP contribution in [0.5, 0.6) is 5.75 Å². The summed E-state index contributed by atoms with van der Waals surface area (Å²) < 4.78 is 11.0. The van der Waals surface area contributed by atoms with E-state index in [0.29, 0.717) is 30.2 Å². The molecule has 2 heterocycles. The van der Waals surface area contributed by atoms with Crippen molar-refractivity contribution in [2.45, 2.75) is 26.5 Å². The normalized spacial score (nSPS) is 16.2. The van der Waals surface area contributed by atoms with Gasteiger partial charge in [-0.15, -0.1) is 0 Å². The van der Waals surface area contributed by atoms with E-state index in [2.05, 4.69) is 5.32 Å². The van der Waals surface area contributed by atoms with Crippen molar-refractivity contribution in [3.8, 4) is 5.75 Å². The minimum absolute atomic E-state index is 0.0151. The molecule has 0 radical (unpaired) electrons. The number of Topliss-reactive ketones (excluding diaryl/α,β-unsaturated/α-hetero) is 1. The lowest BCUT2D eigenvalue weighted by molar-refractivity contribution is -0.120. The Bertz CT molecular complexity index is 739. The Hall–Kier alpha value is -2.76. The minimum Gasteiger partial charge on any atom is -0.487 e. The number of fused-ring (bicyclic) bond motifs is 1. The van der Waals surface area contributed by atoms with E-state index >= 15 is 0 Å². The first-order valence-electron chi connectivity index (χ1n) is 7.88. The number of ether oxygens (including phenoxy) is 1. The molecule has 2 aromatic rings. The number of nitrogens with zero attached hydrogens (tertiary/aromatic N) is 1. The molecule has 0 aliphatic carbocycles. The summed E-state index contributed by atoms with van der Waals surface area (Å²) in [7, 11) is 0. The molecule has 24 heavy (non-hydrogen) atoms. The van der Waals surface area contributed by atoms with Gasteiger partial charge in [-0.1, -0.05) is 0 Å². The second kappa shape index (κ2) is 6.78. The number of ketones is 1. The van der Waals surface area contributed by atoms with Gasteiger partial charge in [0.15, 0.2) is 5.78 Å². The summed E-state index contributed by atoms with van der Waals surface area (Å²) in [6.07, 6.45) is 1.54. The number of carbonyl (C=O) groups is 2. The van der Waals surface area contributed by atoms with Crippen molar-refractivity contribution in [2.75, 3.05) is 18.0 Å². The number of amides is 1. The number of furan rings is 1. The molecule has 6 heteroatoms. The number of benzene rings is 1. The van der Waals surface area contributed by atoms with E-state index in [1.54, 1.807) is 30.5 Å². The van der Waals surface area contributed by atoms with E-state index in [1.807, 2.05) is 17.9 Å². The fourth-order valence-corrected chi connectivity index (χ4v) is 2.72. The van der Waals surface area contributed by atoms with Crippen molar-refractivity contribution in [2.24, 2.45) is 0 Å². The number of hydrogen-bond donors (Lipinski definition) is 1. The Morgan fingerprint density at radius 2 is 2.17 bits per heavy atom. The Morgan fingerprint density at radius 3 is 2.88 bits per heavy atom. The molecule has 0 saturated heterocycles. The highest BCUT2D eigenvalue weighted by Gasteiger charge is 2.25. The lowest BCUT2D eigenvalue weighted by atomic mass is 10.1. The number of hydrogen-bond acceptors (Lipinski definition) is 5. The van der Waals surface area contributed by atoms with Gasteiger partial charge < -0.3 is 19.4 Å². The molecule has 126 valence electrons. The summed E-state index contributed by atoms with van der Waals surface area (Å²) in [6.45, 7) is 4.61. The van der Waals surface area contributed by atoms with Crippen molar-refractivity contribution in [1.29, 1.82) is 0 Å². The van der Waals surface area contributed by atoms with E-state index in [0.717, 1.165) is 5.69 Å². The molecule has 1 aliphatic heterocycles. The third-order valence-electron chi connectivity index (χ3n) is 3.89. The van der Waals surface area contributed by atoms with Crippen LogP contribution in [0.25, 0.3) is 0 Å². The fourth-order valence-electron chi connectivity index (χ4n) is 2.72. The SMILES string of the molecule is CC(=O)c1ccc2c(c1)N(CC(=O)NCc1ccco1)CC(C)O2. The molecule has 0 bridgehead atoms. The van der Waals surface area contributed by atoms with Crippen LogP contribution >= 0.6 is 0 Å². The van der Waals surface area contributed by atoms with Crippen LogP contribution in [0.4, 0.5) is 5.69 Å². The first-order valence-corrected chi connectivity index (χ1v) is 7.88. The highest BCUT2D eigenvalue weighted by atomic mass is 16.5. The monoisotopic (exact) mass is 328 g/mol. The summed E-state index contributed by atoms with van der Waals surface area (Å²) in [5.74, 6) is 1.27. The first-order chi connectivity index (χ1) is 11.5. The predicted molar refractivity (Wildman–Crippen MR) is 89.3 cm³/mol. The fraction of sp³-hybridized carbons (Fsp3) is 0.333. The maximum atomic E-state index is 12.2. The molecule has 1 aliphatic rings. The molecule has 0 saturated carbocycles. The standard InChI is InChI=1S/C18H20N2O4/c1-12-10-20(11-18(22)19-9-15-4-3-7-23-15)16-8-14(13(2)21)5-6-17(16)24-12/h3-8,12H,9-11H2,1-2H3,(H,19,22). The van der Waals surface area contributed by atoms with E-state index < -0.39 is 0 Å². The molecule has 0 fully saturated rings. The highest BCUT2D eigenvalue weighted by molar-refractivity contribution is 5.96. The zero-order valence-electron chi connectivity index (χ0n) is 13.7. The third-order valence-corrected chi connectivity index (χ3v) is 3.89. The lowest BCUT2D eigenvalue weighted by Crippen LogP contribution is -2.44. The molecule has 1 amide bonds. The van der Waals surface area contributed by atoms with Crippen molar-refractivity contribution < 1.29 is 18.7 Å². The van der Waals surface area contributed by atoms with E-state index in [1.165, 1.54) is 6.92 Å². The third kappa shape index (κ3) is 3.59. The molecule has 6 nitrogen and oxygen atoms in total. The number of anilines is 1. The van der Waals surface area contributed by atoms with Gasteiger partial charge in [-0.25, -0.2) is 0 Å². The molecule has 1 unspecified atom stereocenters. The predicted octanol–water partition coefficient (Wildman–Crippen LogP) is 2.39. The zero-order chi connectivity index (χ0) is 17.1. The van der Waals surface area contributed by atoms with Crippen LogP contribution < -0.4 is 15.0 Å². The van der Waals surface area contributed by atoms with Gasteiger partial charge in [0, 0.05) is 5.56 Å². The van der Waals surface area contributed by atoms with Gasteiger partial charge in [0.05, 0.1) is 31.6 Å². The molecular weight excluding hydrogens is 308 g/mol. The molecule has 0 spiro atoms. The maximum absolute atomic E-state index is 12.2. The zero-order valence-corrected chi connectivity index (χ0v) is 13.7. The topological polar surface area (TPSA) is 71.8 Å². The van der Waals surface area contributed by atoms with Crippen LogP contribution in [0.15, 0.2) is 41.0 Å². The van der Waals surface area contributed by atoms with Gasteiger partial charge in [0.2, 0.25) is 5.91 Å². The summed E-state index contributed by atoms with van der Waals surface area (Å²) in [6, 6.07) is 8.91. The molecule has 1 atom stereocenters. The smallest absolute Gasteiger partial charge is 0.239 e. The number of nitrogens with one attached hydrogen (secondary N) is 1. The Balaban J connectivity index is 1.72. The van der Waals surface area contributed by atoms with Crippen LogP contribution in [0.3, 0.4) is 0 Å². The Morgan fingerprint density at radius 1 is 1.33 bits per heavy atom. The number of carbonyl (C=O) groups excluding carboxylic acids is 2. The van der Waals surface area contributed by atoms with Crippen molar-refractivity contribution >= 4 is 17.4 Å². The highest BCUT2D eigenvalue weighted by Crippen LogP contribution is 2.34. The van der Waals surface area contributed by atoms with Gasteiger partial charge in [0.25, 0.3) is 0 Å². The van der Waals surface area contributed by atoms with Crippen LogP contribution in [-0.2, 0) is 11.3 Å². The van der Waals surface area contributed by atoms with Gasteiger partial charge in [-0.2, -0.15) is 0 Å². The molecule has 3 rings (SSSR count). The second-order valence-corrected chi connectivity index (χ2v) is 5.90. The average molecular weight is 328 g/mol. The van der Waals surface area contributed by atoms with Gasteiger partial charge in [-0.05, 0) is 44.2 Å².